The lowest BCUT2D eigenvalue weighted by Gasteiger charge is -2.51. The smallest absolute Gasteiger partial charge is 0.352 e. The lowest BCUT2D eigenvalue weighted by Crippen LogP contribution is -2.61. The first-order chi connectivity index (χ1) is 18.7. The van der Waals surface area contributed by atoms with Crippen molar-refractivity contribution in [3.63, 3.8) is 0 Å². The van der Waals surface area contributed by atoms with Crippen molar-refractivity contribution in [3.8, 4) is 11.3 Å². The molecule has 4 N–H and O–H groups in total. The molecule has 0 saturated carbocycles. The monoisotopic (exact) mass is 602 g/mol. The van der Waals surface area contributed by atoms with Gasteiger partial charge >= 0.3 is 5.97 Å². The molecule has 0 bridgehead atoms. The molecule has 202 valence electrons. The van der Waals surface area contributed by atoms with E-state index in [-0.39, 0.29) is 34.5 Å². The molecule has 11 nitrogen and oxygen atoms in total. The van der Waals surface area contributed by atoms with Gasteiger partial charge in [0.05, 0.1) is 23.2 Å². The number of aromatic nitrogens is 2. The minimum absolute atomic E-state index is 0.103. The molecule has 1 saturated heterocycles. The van der Waals surface area contributed by atoms with E-state index in [1.54, 1.807) is 5.38 Å². The Morgan fingerprint density at radius 2 is 2.13 bits per heavy atom. The van der Waals surface area contributed by atoms with Gasteiger partial charge in [0.25, 0.3) is 5.91 Å². The first kappa shape index (κ1) is 27.2. The number of amides is 2. The highest BCUT2D eigenvalue weighted by Gasteiger charge is 2.56. The quantitative estimate of drug-likeness (QED) is 0.143. The molecule has 15 heteroatoms. The van der Waals surface area contributed by atoms with Gasteiger partial charge in [-0.2, -0.15) is 0 Å². The van der Waals surface area contributed by atoms with Crippen molar-refractivity contribution in [2.45, 2.75) is 27.9 Å². The topological polar surface area (TPSA) is 160 Å². The number of carbonyl (C=O) groups is 3. The third kappa shape index (κ3) is 5.14. The van der Waals surface area contributed by atoms with Crippen LogP contribution in [0.5, 0.6) is 0 Å². The van der Waals surface area contributed by atoms with Crippen LogP contribution in [0.1, 0.15) is 17.0 Å². The summed E-state index contributed by atoms with van der Waals surface area (Å²) < 4.78 is 0.713. The third-order valence-electron chi connectivity index (χ3n) is 5.99. The lowest BCUT2D eigenvalue weighted by atomic mass is 9.98. The zero-order chi connectivity index (χ0) is 27.7. The second-order valence-corrected chi connectivity index (χ2v) is 13.1. The van der Waals surface area contributed by atoms with E-state index in [1.807, 2.05) is 37.3 Å². The van der Waals surface area contributed by atoms with Crippen LogP contribution in [0, 0.1) is 6.92 Å². The molecular weight excluding hydrogens is 581 g/mol. The summed E-state index contributed by atoms with van der Waals surface area (Å²) in [4.78, 5) is 52.9. The van der Waals surface area contributed by atoms with Gasteiger partial charge in [-0.1, -0.05) is 59.0 Å². The number of aryl methyl sites for hydroxylation is 1. The molecule has 0 spiro atoms. The Kier molecular flexibility index (Phi) is 7.66. The van der Waals surface area contributed by atoms with Crippen molar-refractivity contribution in [2.24, 2.45) is 5.16 Å². The number of nitrogen functional groups attached to an aromatic ring is 1. The molecule has 0 aliphatic carbocycles. The van der Waals surface area contributed by atoms with Gasteiger partial charge in [-0.05, 0) is 6.92 Å². The van der Waals surface area contributed by atoms with E-state index >= 15 is 0 Å². The number of carbonyl (C=O) groups excluding carboxylic acids is 2. The Labute approximate surface area is 239 Å². The van der Waals surface area contributed by atoms with Gasteiger partial charge in [0.15, 0.2) is 14.3 Å². The number of carboxylic acids is 1. The standard InChI is InChI=1S/C24H22N6O5S4/c1-12-19(13-6-4-3-5-7-13)28-23(38-12)37-10-14-20(21(33)34)30-17(32)8-18(30)39-24(14,15-11-36-22(25)27-15)29-16(31)9-26-35-2/h3-7,9,11,18H,8,10H2,1-2H3,(H2,25,27)(H,29,31)(H,33,34)/t18-,24?/m0/s1. The summed E-state index contributed by atoms with van der Waals surface area (Å²) in [5.74, 6) is -2.11. The molecular formula is C24H22N6O5S4. The van der Waals surface area contributed by atoms with Crippen LogP contribution in [0.4, 0.5) is 5.13 Å². The second kappa shape index (κ2) is 11.0. The highest BCUT2D eigenvalue weighted by Crippen LogP contribution is 2.55. The van der Waals surface area contributed by atoms with Crippen molar-refractivity contribution in [3.05, 3.63) is 57.6 Å². The summed E-state index contributed by atoms with van der Waals surface area (Å²) in [6.45, 7) is 1.98. The van der Waals surface area contributed by atoms with E-state index in [1.165, 1.54) is 58.2 Å². The Balaban J connectivity index is 1.60. The maximum Gasteiger partial charge on any atom is 0.352 e. The number of thiazole rings is 2. The largest absolute Gasteiger partial charge is 0.477 e. The van der Waals surface area contributed by atoms with E-state index in [2.05, 4.69) is 20.3 Å². The average Bonchev–Trinajstić information content (AvgIpc) is 3.51. The first-order valence-electron chi connectivity index (χ1n) is 11.5. The number of aliphatic carboxylic acids is 1. The summed E-state index contributed by atoms with van der Waals surface area (Å²) in [6.07, 6.45) is 1.08. The number of carboxylic acid groups (broad SMARTS) is 1. The summed E-state index contributed by atoms with van der Waals surface area (Å²) in [6, 6.07) is 9.76. The molecule has 2 atom stereocenters. The minimum atomic E-state index is -1.43. The van der Waals surface area contributed by atoms with Crippen molar-refractivity contribution in [1.29, 1.82) is 0 Å². The molecule has 1 aromatic carbocycles. The zero-order valence-corrected chi connectivity index (χ0v) is 23.9. The number of oxime groups is 1. The number of hydrogen-bond donors (Lipinski definition) is 3. The molecule has 4 heterocycles. The fourth-order valence-corrected chi connectivity index (χ4v) is 8.97. The third-order valence-corrected chi connectivity index (χ3v) is 10.4. The zero-order valence-electron chi connectivity index (χ0n) is 20.6. The predicted octanol–water partition coefficient (Wildman–Crippen LogP) is 3.49. The summed E-state index contributed by atoms with van der Waals surface area (Å²) in [5, 5.41) is 18.2. The molecule has 2 aromatic heterocycles. The summed E-state index contributed by atoms with van der Waals surface area (Å²) in [5.41, 5.74) is 8.24. The van der Waals surface area contributed by atoms with E-state index in [0.717, 1.165) is 22.3 Å². The van der Waals surface area contributed by atoms with Gasteiger partial charge in [0.1, 0.15) is 19.0 Å². The highest BCUT2D eigenvalue weighted by molar-refractivity contribution is 8.02. The minimum Gasteiger partial charge on any atom is -0.477 e. The van der Waals surface area contributed by atoms with Gasteiger partial charge < -0.3 is 21.0 Å². The van der Waals surface area contributed by atoms with E-state index < -0.39 is 22.1 Å². The van der Waals surface area contributed by atoms with Crippen LogP contribution in [0.25, 0.3) is 11.3 Å². The fraction of sp³-hybridized carbons (Fsp3) is 0.250. The van der Waals surface area contributed by atoms with E-state index in [9.17, 15) is 19.5 Å². The van der Waals surface area contributed by atoms with E-state index in [0.29, 0.717) is 10.0 Å². The number of fused-ring (bicyclic) bond motifs is 1. The molecule has 1 unspecified atom stereocenters. The molecule has 5 rings (SSSR count). The number of rotatable bonds is 9. The number of nitrogens with two attached hydrogens (primary N) is 1. The highest BCUT2D eigenvalue weighted by atomic mass is 32.2. The number of nitrogens with one attached hydrogen (secondary N) is 1. The average molecular weight is 603 g/mol. The van der Waals surface area contributed by atoms with Gasteiger partial charge in [-0.3, -0.25) is 14.5 Å². The number of nitrogens with zero attached hydrogens (tertiary/aromatic N) is 4. The molecule has 1 fully saturated rings. The molecule has 39 heavy (non-hydrogen) atoms. The Hall–Kier alpha value is -3.40. The molecule has 2 aliphatic heterocycles. The van der Waals surface area contributed by atoms with Crippen LogP contribution in [0.3, 0.4) is 0 Å². The molecule has 2 aliphatic rings. The normalized spacial score (nSPS) is 20.6. The summed E-state index contributed by atoms with van der Waals surface area (Å²) >= 11 is 5.21. The van der Waals surface area contributed by atoms with Gasteiger partial charge in [-0.15, -0.1) is 22.7 Å². The van der Waals surface area contributed by atoms with Gasteiger partial charge in [-0.25, -0.2) is 14.8 Å². The van der Waals surface area contributed by atoms with Crippen LogP contribution in [0.2, 0.25) is 0 Å². The maximum atomic E-state index is 13.0. The van der Waals surface area contributed by atoms with Crippen LogP contribution in [0.15, 0.2) is 56.5 Å². The molecule has 0 radical (unpaired) electrons. The Morgan fingerprint density at radius 1 is 1.36 bits per heavy atom. The van der Waals surface area contributed by atoms with Gasteiger partial charge in [0, 0.05) is 27.1 Å². The second-order valence-electron chi connectivity index (χ2n) is 8.37. The SMILES string of the molecule is CON=CC(=O)NC1(c2csc(N)n2)S[C@H]2CC(=O)N2C(C(=O)O)=C1CSc1nc(-c2ccccc2)c(C)s1. The van der Waals surface area contributed by atoms with Crippen molar-refractivity contribution >= 4 is 75.3 Å². The van der Waals surface area contributed by atoms with Gasteiger partial charge in [0.2, 0.25) is 5.91 Å². The van der Waals surface area contributed by atoms with Crippen molar-refractivity contribution in [1.82, 2.24) is 20.2 Å². The molecule has 2 amide bonds. The first-order valence-corrected chi connectivity index (χ1v) is 15.0. The maximum absolute atomic E-state index is 13.0. The predicted molar refractivity (Wildman–Crippen MR) is 152 cm³/mol. The summed E-state index contributed by atoms with van der Waals surface area (Å²) in [7, 11) is 1.30. The van der Waals surface area contributed by atoms with Crippen LogP contribution < -0.4 is 11.1 Å². The number of anilines is 1. The number of thioether (sulfide) groups is 2. The number of benzene rings is 1. The van der Waals surface area contributed by atoms with E-state index in [4.69, 9.17) is 10.7 Å². The van der Waals surface area contributed by atoms with Crippen LogP contribution >= 0.6 is 46.2 Å². The lowest BCUT2D eigenvalue weighted by molar-refractivity contribution is -0.146. The Morgan fingerprint density at radius 3 is 2.77 bits per heavy atom. The van der Waals surface area contributed by atoms with Crippen LogP contribution in [-0.4, -0.2) is 62.2 Å². The van der Waals surface area contributed by atoms with Crippen LogP contribution in [-0.2, 0) is 24.1 Å². The Bertz CT molecular complexity index is 1500. The fourth-order valence-electron chi connectivity index (χ4n) is 4.31. The van der Waals surface area contributed by atoms with Crippen molar-refractivity contribution in [2.75, 3.05) is 18.6 Å². The number of hydrogen-bond acceptors (Lipinski definition) is 12. The van der Waals surface area contributed by atoms with Crippen molar-refractivity contribution < 1.29 is 24.3 Å². The number of β-lactam (4-membered cyclic amide) rings is 1. The molecule has 3 aromatic rings.